The van der Waals surface area contributed by atoms with Crippen molar-refractivity contribution in [2.45, 2.75) is 69.9 Å². The van der Waals surface area contributed by atoms with E-state index in [-0.39, 0.29) is 36.1 Å². The van der Waals surface area contributed by atoms with Crippen molar-refractivity contribution in [1.82, 2.24) is 9.80 Å². The Labute approximate surface area is 221 Å². The molecular weight excluding hydrogens is 552 g/mol. The summed E-state index contributed by atoms with van der Waals surface area (Å²) in [5, 5.41) is 0. The molecule has 9 nitrogen and oxygen atoms in total. The van der Waals surface area contributed by atoms with Crippen molar-refractivity contribution in [2.75, 3.05) is 26.7 Å². The van der Waals surface area contributed by atoms with Gasteiger partial charge in [-0.25, -0.2) is 4.79 Å². The summed E-state index contributed by atoms with van der Waals surface area (Å²) in [6.07, 6.45) is 2.06. The predicted octanol–water partition coefficient (Wildman–Crippen LogP) is 3.36. The van der Waals surface area contributed by atoms with Crippen LogP contribution in [0.3, 0.4) is 0 Å². The number of hydrogen-bond acceptors (Lipinski definition) is 7. The molecule has 200 valence electrons. The third kappa shape index (κ3) is 6.86. The maximum Gasteiger partial charge on any atom is 0.328 e. The number of carbonyl (C=O) groups excluding carboxylic acids is 3. The lowest BCUT2D eigenvalue weighted by Gasteiger charge is -2.36. The molecule has 2 saturated heterocycles. The van der Waals surface area contributed by atoms with Crippen molar-refractivity contribution in [3.63, 3.8) is 0 Å². The molecule has 11 heteroatoms. The zero-order valence-corrected chi connectivity index (χ0v) is 23.6. The van der Waals surface area contributed by atoms with Crippen LogP contribution in [0.1, 0.15) is 52.9 Å². The molecule has 2 fully saturated rings. The molecule has 2 aliphatic heterocycles. The van der Waals surface area contributed by atoms with E-state index in [1.54, 1.807) is 17.0 Å². The summed E-state index contributed by atoms with van der Waals surface area (Å²) in [6.45, 7) is 6.92. The normalized spacial score (nSPS) is 21.8. The van der Waals surface area contributed by atoms with Crippen LogP contribution in [0.5, 0.6) is 0 Å². The first-order valence-electron chi connectivity index (χ1n) is 12.2. The highest BCUT2D eigenvalue weighted by Gasteiger charge is 2.47. The summed E-state index contributed by atoms with van der Waals surface area (Å²) < 4.78 is 36.7. The molecule has 2 amide bonds. The van der Waals surface area contributed by atoms with Crippen LogP contribution in [-0.2, 0) is 33.4 Å². The lowest BCUT2D eigenvalue weighted by Crippen LogP contribution is -2.49. The lowest BCUT2D eigenvalue weighted by molar-refractivity contribution is -0.155. The summed E-state index contributed by atoms with van der Waals surface area (Å²) >= 11 is 3.27. The Morgan fingerprint density at radius 1 is 1.08 bits per heavy atom. The van der Waals surface area contributed by atoms with E-state index in [2.05, 4.69) is 15.9 Å². The van der Waals surface area contributed by atoms with Crippen LogP contribution in [0.15, 0.2) is 33.6 Å². The first-order chi connectivity index (χ1) is 16.8. The van der Waals surface area contributed by atoms with Crippen molar-refractivity contribution < 1.29 is 31.7 Å². The van der Waals surface area contributed by atoms with Gasteiger partial charge in [0.2, 0.25) is 11.8 Å². The van der Waals surface area contributed by atoms with Crippen LogP contribution < -0.4 is 0 Å². The topological polar surface area (TPSA) is 110 Å². The van der Waals surface area contributed by atoms with Gasteiger partial charge in [-0.15, -0.1) is 0 Å². The number of carbonyl (C=O) groups is 3. The number of methoxy groups -OCH3 is 1. The second-order valence-electron chi connectivity index (χ2n) is 10.5. The van der Waals surface area contributed by atoms with Gasteiger partial charge in [0, 0.05) is 36.9 Å². The highest BCUT2D eigenvalue weighted by Crippen LogP contribution is 2.35. The van der Waals surface area contributed by atoms with E-state index in [0.717, 1.165) is 23.7 Å². The molecule has 3 atom stereocenters. The molecule has 1 aromatic carbocycles. The van der Waals surface area contributed by atoms with Gasteiger partial charge in [-0.2, -0.15) is 8.42 Å². The molecule has 36 heavy (non-hydrogen) atoms. The molecule has 0 spiro atoms. The molecular formula is C25H35BrN2O7S. The zero-order valence-electron chi connectivity index (χ0n) is 21.2. The fourth-order valence-corrected chi connectivity index (χ4v) is 6.06. The molecule has 0 aromatic heterocycles. The van der Waals surface area contributed by atoms with E-state index < -0.39 is 39.6 Å². The Morgan fingerprint density at radius 3 is 2.25 bits per heavy atom. The minimum Gasteiger partial charge on any atom is -0.467 e. The van der Waals surface area contributed by atoms with Crippen molar-refractivity contribution in [2.24, 2.45) is 11.3 Å². The van der Waals surface area contributed by atoms with Crippen LogP contribution in [-0.4, -0.2) is 74.9 Å². The van der Waals surface area contributed by atoms with E-state index in [1.165, 1.54) is 24.1 Å². The molecule has 1 unspecified atom stereocenters. The number of rotatable bonds is 7. The molecule has 2 heterocycles. The maximum absolute atomic E-state index is 13.8. The minimum absolute atomic E-state index is 0.0227. The molecule has 2 aliphatic rings. The quantitative estimate of drug-likeness (QED) is 0.356. The number of benzene rings is 1. The van der Waals surface area contributed by atoms with E-state index in [1.807, 2.05) is 20.8 Å². The Morgan fingerprint density at radius 2 is 1.69 bits per heavy atom. The van der Waals surface area contributed by atoms with Crippen LogP contribution in [0.4, 0.5) is 0 Å². The Hall–Kier alpha value is -1.98. The highest BCUT2D eigenvalue weighted by molar-refractivity contribution is 9.10. The van der Waals surface area contributed by atoms with Gasteiger partial charge in [-0.1, -0.05) is 36.7 Å². The third-order valence-corrected chi connectivity index (χ3v) is 8.72. The van der Waals surface area contributed by atoms with Crippen molar-refractivity contribution in [3.8, 4) is 0 Å². The number of halogens is 1. The molecule has 0 aliphatic carbocycles. The SMILES string of the molecule is COC(=O)[C@@H]1C[C@H](OS(=O)(=O)c2ccc(Br)cc2)CN1C(=O)C(CC(=O)N1CCCCC1)C(C)(C)C. The monoisotopic (exact) mass is 586 g/mol. The summed E-state index contributed by atoms with van der Waals surface area (Å²) in [5.41, 5.74) is -0.564. The Bertz CT molecular complexity index is 1060. The number of likely N-dealkylation sites (tertiary alicyclic amines) is 2. The molecule has 0 radical (unpaired) electrons. The predicted molar refractivity (Wildman–Crippen MR) is 136 cm³/mol. The summed E-state index contributed by atoms with van der Waals surface area (Å²) in [4.78, 5) is 42.5. The third-order valence-electron chi connectivity index (χ3n) is 6.82. The second kappa shape index (κ2) is 11.6. The minimum atomic E-state index is -4.12. The van der Waals surface area contributed by atoms with Crippen LogP contribution in [0, 0.1) is 11.3 Å². The zero-order chi connectivity index (χ0) is 26.7. The number of amides is 2. The second-order valence-corrected chi connectivity index (χ2v) is 12.9. The van der Waals surface area contributed by atoms with Crippen molar-refractivity contribution in [1.29, 1.82) is 0 Å². The summed E-state index contributed by atoms with van der Waals surface area (Å²) in [7, 11) is -2.90. The lowest BCUT2D eigenvalue weighted by atomic mass is 9.77. The Kier molecular flexibility index (Phi) is 9.21. The van der Waals surface area contributed by atoms with E-state index in [0.29, 0.717) is 13.1 Å². The van der Waals surface area contributed by atoms with Gasteiger partial charge in [0.05, 0.1) is 24.0 Å². The Balaban J connectivity index is 1.80. The average Bonchev–Trinajstić information content (AvgIpc) is 3.24. The summed E-state index contributed by atoms with van der Waals surface area (Å²) in [6, 6.07) is 5.01. The number of piperidine rings is 1. The highest BCUT2D eigenvalue weighted by atomic mass is 79.9. The first-order valence-corrected chi connectivity index (χ1v) is 14.4. The van der Waals surface area contributed by atoms with E-state index in [9.17, 15) is 22.8 Å². The van der Waals surface area contributed by atoms with Gasteiger partial charge < -0.3 is 14.5 Å². The maximum atomic E-state index is 13.8. The molecule has 1 aromatic rings. The number of ether oxygens (including phenoxy) is 1. The standard InChI is InChI=1S/C25H35BrN2O7S/c1-25(2,3)20(15-22(29)27-12-6-5-7-13-27)23(30)28-16-18(14-21(28)24(31)34-4)35-36(32,33)19-10-8-17(26)9-11-19/h8-11,18,20-21H,5-7,12-16H2,1-4H3/t18-,20?,21-/m0/s1. The molecule has 0 saturated carbocycles. The average molecular weight is 588 g/mol. The van der Waals surface area contributed by atoms with Crippen LogP contribution >= 0.6 is 15.9 Å². The largest absolute Gasteiger partial charge is 0.467 e. The number of esters is 1. The molecule has 0 bridgehead atoms. The van der Waals surface area contributed by atoms with Gasteiger partial charge in [-0.3, -0.25) is 13.8 Å². The smallest absolute Gasteiger partial charge is 0.328 e. The van der Waals surface area contributed by atoms with Gasteiger partial charge >= 0.3 is 5.97 Å². The number of hydrogen-bond donors (Lipinski definition) is 0. The van der Waals surface area contributed by atoms with Crippen molar-refractivity contribution >= 4 is 43.8 Å². The van der Waals surface area contributed by atoms with Crippen molar-refractivity contribution in [3.05, 3.63) is 28.7 Å². The first kappa shape index (κ1) is 28.6. The van der Waals surface area contributed by atoms with Crippen LogP contribution in [0.25, 0.3) is 0 Å². The van der Waals surface area contributed by atoms with E-state index in [4.69, 9.17) is 8.92 Å². The van der Waals surface area contributed by atoms with E-state index >= 15 is 0 Å². The number of nitrogens with zero attached hydrogens (tertiary/aromatic N) is 2. The molecule has 3 rings (SSSR count). The fraction of sp³-hybridized carbons (Fsp3) is 0.640. The fourth-order valence-electron chi connectivity index (χ4n) is 4.72. The summed E-state index contributed by atoms with van der Waals surface area (Å²) in [5.74, 6) is -1.80. The molecule has 0 N–H and O–H groups in total. The van der Waals surface area contributed by atoms with Crippen LogP contribution in [0.2, 0.25) is 0 Å². The van der Waals surface area contributed by atoms with Gasteiger partial charge in [0.25, 0.3) is 10.1 Å². The van der Waals surface area contributed by atoms with Gasteiger partial charge in [0.15, 0.2) is 0 Å². The van der Waals surface area contributed by atoms with Gasteiger partial charge in [-0.05, 0) is 48.9 Å². The van der Waals surface area contributed by atoms with Gasteiger partial charge in [0.1, 0.15) is 6.04 Å².